The van der Waals surface area contributed by atoms with E-state index < -0.39 is 0 Å². The van der Waals surface area contributed by atoms with Crippen molar-refractivity contribution in [2.75, 3.05) is 30.4 Å². The first-order chi connectivity index (χ1) is 16.9. The molecule has 1 aromatic heterocycles. The van der Waals surface area contributed by atoms with Gasteiger partial charge in [-0.1, -0.05) is 6.07 Å². The first kappa shape index (κ1) is 23.3. The number of hydrogen-bond donors (Lipinski definition) is 1. The van der Waals surface area contributed by atoms with Gasteiger partial charge in [0.2, 0.25) is 11.8 Å². The van der Waals surface area contributed by atoms with E-state index in [9.17, 15) is 9.59 Å². The van der Waals surface area contributed by atoms with E-state index in [1.807, 2.05) is 56.3 Å². The van der Waals surface area contributed by atoms with Crippen molar-refractivity contribution in [3.63, 3.8) is 0 Å². The van der Waals surface area contributed by atoms with Crippen LogP contribution in [0.25, 0.3) is 0 Å². The number of amides is 2. The van der Waals surface area contributed by atoms with E-state index in [1.165, 1.54) is 16.0 Å². The van der Waals surface area contributed by atoms with Crippen LogP contribution in [0.4, 0.5) is 10.7 Å². The quantitative estimate of drug-likeness (QED) is 0.546. The third-order valence-corrected chi connectivity index (χ3v) is 8.08. The Bertz CT molecular complexity index is 1320. The maximum absolute atomic E-state index is 13.3. The Morgan fingerprint density at radius 1 is 1.09 bits per heavy atom. The van der Waals surface area contributed by atoms with Crippen LogP contribution in [-0.2, 0) is 22.4 Å². The first-order valence-corrected chi connectivity index (χ1v) is 12.8. The number of hydrogen-bond acceptors (Lipinski definition) is 5. The van der Waals surface area contributed by atoms with Gasteiger partial charge >= 0.3 is 0 Å². The van der Waals surface area contributed by atoms with Gasteiger partial charge in [-0.25, -0.2) is 0 Å². The predicted molar refractivity (Wildman–Crippen MR) is 141 cm³/mol. The highest BCUT2D eigenvalue weighted by atomic mass is 32.1. The molecule has 2 aromatic carbocycles. The van der Waals surface area contributed by atoms with Crippen molar-refractivity contribution in [1.82, 2.24) is 0 Å². The molecule has 0 atom stereocenters. The fourth-order valence-electron chi connectivity index (χ4n) is 4.72. The lowest BCUT2D eigenvalue weighted by atomic mass is 9.91. The van der Waals surface area contributed by atoms with Crippen LogP contribution in [-0.4, -0.2) is 37.7 Å². The second kappa shape index (κ2) is 9.66. The number of nitrogens with zero attached hydrogens (tertiary/aromatic N) is 2. The third kappa shape index (κ3) is 4.60. The molecule has 5 rings (SSSR count). The molecule has 6 nitrogen and oxygen atoms in total. The second-order valence-corrected chi connectivity index (χ2v) is 10.2. The average molecular weight is 488 g/mol. The van der Waals surface area contributed by atoms with Crippen LogP contribution in [0.1, 0.15) is 45.5 Å². The van der Waals surface area contributed by atoms with Gasteiger partial charge in [0, 0.05) is 21.7 Å². The summed E-state index contributed by atoms with van der Waals surface area (Å²) in [6, 6.07) is 13.6. The van der Waals surface area contributed by atoms with Crippen molar-refractivity contribution in [2.24, 2.45) is 4.99 Å². The summed E-state index contributed by atoms with van der Waals surface area (Å²) >= 11 is 1.64. The van der Waals surface area contributed by atoms with Gasteiger partial charge in [0.05, 0.1) is 12.8 Å². The number of nitrogens with one attached hydrogen (secondary N) is 1. The fourth-order valence-corrected chi connectivity index (χ4v) is 6.12. The van der Waals surface area contributed by atoms with Gasteiger partial charge in [-0.15, -0.1) is 11.3 Å². The van der Waals surface area contributed by atoms with E-state index in [0.717, 1.165) is 64.5 Å². The molecule has 0 fully saturated rings. The number of aryl methyl sites for hydroxylation is 3. The summed E-state index contributed by atoms with van der Waals surface area (Å²) in [4.78, 5) is 34.0. The maximum Gasteiger partial charge on any atom is 0.249 e. The normalized spacial score (nSPS) is 15.1. The van der Waals surface area contributed by atoms with E-state index in [4.69, 9.17) is 9.73 Å². The summed E-state index contributed by atoms with van der Waals surface area (Å²) in [7, 11) is 1.64. The van der Waals surface area contributed by atoms with Crippen LogP contribution in [0, 0.1) is 13.8 Å². The van der Waals surface area contributed by atoms with Crippen LogP contribution in [0.15, 0.2) is 47.5 Å². The Hall–Kier alpha value is -3.45. The van der Waals surface area contributed by atoms with Gasteiger partial charge in [0.25, 0.3) is 0 Å². The van der Waals surface area contributed by atoms with Gasteiger partial charge in [-0.2, -0.15) is 0 Å². The molecule has 0 saturated carbocycles. The summed E-state index contributed by atoms with van der Waals surface area (Å²) in [6.45, 7) is 4.03. The lowest BCUT2D eigenvalue weighted by Crippen LogP contribution is -2.38. The SMILES string of the molecule is COc1ccc(C2=NCC(=O)N(CC(=O)Nc3ccc(C)c(C)c3)c3sc4c(c32)CCCC4)cc1. The van der Waals surface area contributed by atoms with E-state index in [0.29, 0.717) is 0 Å². The van der Waals surface area contributed by atoms with Crippen molar-refractivity contribution in [3.05, 3.63) is 75.2 Å². The molecule has 0 unspecified atom stereocenters. The minimum absolute atomic E-state index is 0.00839. The largest absolute Gasteiger partial charge is 0.497 e. The Kier molecular flexibility index (Phi) is 6.43. The van der Waals surface area contributed by atoms with Gasteiger partial charge in [-0.3, -0.25) is 19.5 Å². The summed E-state index contributed by atoms with van der Waals surface area (Å²) in [5.74, 6) is 0.395. The number of carbonyl (C=O) groups is 2. The highest BCUT2D eigenvalue weighted by Crippen LogP contribution is 2.42. The summed E-state index contributed by atoms with van der Waals surface area (Å²) in [6.07, 6.45) is 4.23. The minimum Gasteiger partial charge on any atom is -0.497 e. The number of fused-ring (bicyclic) bond motifs is 3. The van der Waals surface area contributed by atoms with Crippen molar-refractivity contribution < 1.29 is 14.3 Å². The molecule has 0 radical (unpaired) electrons. The van der Waals surface area contributed by atoms with Crippen LogP contribution in [0.5, 0.6) is 5.75 Å². The topological polar surface area (TPSA) is 71.0 Å². The second-order valence-electron chi connectivity index (χ2n) is 9.11. The summed E-state index contributed by atoms with van der Waals surface area (Å²) < 4.78 is 5.32. The number of carbonyl (C=O) groups excluding carboxylic acids is 2. The molecule has 7 heteroatoms. The molecule has 2 heterocycles. The van der Waals surface area contributed by atoms with Crippen molar-refractivity contribution in [1.29, 1.82) is 0 Å². The number of thiophene rings is 1. The summed E-state index contributed by atoms with van der Waals surface area (Å²) in [5, 5.41) is 3.80. The minimum atomic E-state index is -0.216. The number of benzene rings is 2. The van der Waals surface area contributed by atoms with Crippen molar-refractivity contribution >= 4 is 39.6 Å². The molecule has 180 valence electrons. The standard InChI is InChI=1S/C28H29N3O3S/c1-17-8-11-20(14-18(17)2)30-24(32)16-31-25(33)15-29-27(19-9-12-21(34-3)13-10-19)26-22-6-4-5-7-23(22)35-28(26)31/h8-14H,4-7,15-16H2,1-3H3,(H,30,32). The maximum atomic E-state index is 13.3. The third-order valence-electron chi connectivity index (χ3n) is 6.76. The zero-order valence-corrected chi connectivity index (χ0v) is 21.1. The van der Waals surface area contributed by atoms with Gasteiger partial charge in [0.15, 0.2) is 0 Å². The molecule has 35 heavy (non-hydrogen) atoms. The Morgan fingerprint density at radius 3 is 2.60 bits per heavy atom. The molecule has 2 aliphatic rings. The molecule has 1 aliphatic heterocycles. The first-order valence-electron chi connectivity index (χ1n) is 12.0. The molecule has 0 bridgehead atoms. The van der Waals surface area contributed by atoms with Crippen molar-refractivity contribution in [2.45, 2.75) is 39.5 Å². The van der Waals surface area contributed by atoms with Gasteiger partial charge < -0.3 is 10.1 Å². The van der Waals surface area contributed by atoms with Crippen LogP contribution in [0.3, 0.4) is 0 Å². The highest BCUT2D eigenvalue weighted by molar-refractivity contribution is 7.17. The Labute approximate surface area is 209 Å². The number of rotatable bonds is 5. The van der Waals surface area contributed by atoms with E-state index >= 15 is 0 Å². The average Bonchev–Trinajstić information content (AvgIpc) is 3.18. The smallest absolute Gasteiger partial charge is 0.249 e. The Morgan fingerprint density at radius 2 is 1.86 bits per heavy atom. The number of methoxy groups -OCH3 is 1. The lowest BCUT2D eigenvalue weighted by Gasteiger charge is -2.20. The van der Waals surface area contributed by atoms with Crippen LogP contribution in [0.2, 0.25) is 0 Å². The molecular weight excluding hydrogens is 458 g/mol. The molecule has 1 aliphatic carbocycles. The molecular formula is C28H29N3O3S. The van der Waals surface area contributed by atoms with E-state index in [1.54, 1.807) is 23.3 Å². The van der Waals surface area contributed by atoms with E-state index in [2.05, 4.69) is 5.32 Å². The molecule has 3 aromatic rings. The predicted octanol–water partition coefficient (Wildman–Crippen LogP) is 5.08. The van der Waals surface area contributed by atoms with Crippen LogP contribution < -0.4 is 15.0 Å². The Balaban J connectivity index is 1.50. The highest BCUT2D eigenvalue weighted by Gasteiger charge is 2.33. The van der Waals surface area contributed by atoms with E-state index in [-0.39, 0.29) is 24.9 Å². The number of anilines is 2. The molecule has 2 amide bonds. The molecule has 0 saturated heterocycles. The lowest BCUT2D eigenvalue weighted by molar-refractivity contribution is -0.120. The van der Waals surface area contributed by atoms with Gasteiger partial charge in [0.1, 0.15) is 23.8 Å². The van der Waals surface area contributed by atoms with Gasteiger partial charge in [-0.05, 0) is 92.6 Å². The molecule has 0 spiro atoms. The zero-order chi connectivity index (χ0) is 24.5. The zero-order valence-electron chi connectivity index (χ0n) is 20.3. The fraction of sp³-hybridized carbons (Fsp3) is 0.321. The van der Waals surface area contributed by atoms with Crippen molar-refractivity contribution in [3.8, 4) is 5.75 Å². The monoisotopic (exact) mass is 487 g/mol. The number of ether oxygens (including phenoxy) is 1. The molecule has 1 N–H and O–H groups in total. The van der Waals surface area contributed by atoms with Crippen LogP contribution >= 0.6 is 11.3 Å². The number of aliphatic imine (C=N–C) groups is 1. The summed E-state index contributed by atoms with van der Waals surface area (Å²) in [5.41, 5.74) is 7.09.